The fraction of sp³-hybridized carbons (Fsp3) is 0.440. The molecule has 0 bridgehead atoms. The van der Waals surface area contributed by atoms with Crippen molar-refractivity contribution in [1.82, 2.24) is 10.2 Å². The molecule has 1 unspecified atom stereocenters. The van der Waals surface area contributed by atoms with Crippen molar-refractivity contribution in [2.24, 2.45) is 0 Å². The van der Waals surface area contributed by atoms with Crippen molar-refractivity contribution in [2.75, 3.05) is 26.7 Å². The van der Waals surface area contributed by atoms with Crippen molar-refractivity contribution in [1.29, 1.82) is 0 Å². The van der Waals surface area contributed by atoms with E-state index in [2.05, 4.69) is 23.2 Å². The number of benzene rings is 2. The number of Topliss-reactive ketones (excluding diaryl/α,β-unsaturated/α-hetero) is 1. The Labute approximate surface area is 179 Å². The number of carbonyl (C=O) groups is 2. The van der Waals surface area contributed by atoms with Gasteiger partial charge >= 0.3 is 0 Å². The minimum atomic E-state index is -0.943. The maximum atomic E-state index is 13.8. The van der Waals surface area contributed by atoms with Gasteiger partial charge in [-0.1, -0.05) is 30.2 Å². The van der Waals surface area contributed by atoms with Gasteiger partial charge in [0.1, 0.15) is 11.3 Å². The van der Waals surface area contributed by atoms with Crippen molar-refractivity contribution >= 4 is 11.7 Å². The summed E-state index contributed by atoms with van der Waals surface area (Å²) < 4.78 is 5.37. The first-order chi connectivity index (χ1) is 14.3. The molecule has 5 heteroatoms. The first-order valence-electron chi connectivity index (χ1n) is 10.6. The average Bonchev–Trinajstić information content (AvgIpc) is 2.72. The van der Waals surface area contributed by atoms with Gasteiger partial charge in [-0.25, -0.2) is 0 Å². The SMILES string of the molecule is CCN1CCCC(NC(=O)c2cccc(OC)c2C)(C(=O)c2cc(C)cc(C)c2)C1. The summed E-state index contributed by atoms with van der Waals surface area (Å²) in [5.41, 5.74) is 3.12. The molecule has 160 valence electrons. The lowest BCUT2D eigenvalue weighted by molar-refractivity contribution is 0.0615. The lowest BCUT2D eigenvalue weighted by atomic mass is 9.80. The van der Waals surface area contributed by atoms with Crippen LogP contribution in [0.1, 0.15) is 57.2 Å². The van der Waals surface area contributed by atoms with Crippen molar-refractivity contribution in [3.8, 4) is 5.75 Å². The third-order valence-corrected chi connectivity index (χ3v) is 6.04. The fourth-order valence-electron chi connectivity index (χ4n) is 4.51. The highest BCUT2D eigenvalue weighted by Gasteiger charge is 2.43. The van der Waals surface area contributed by atoms with E-state index in [0.717, 1.165) is 36.2 Å². The van der Waals surface area contributed by atoms with Crippen LogP contribution in [0.4, 0.5) is 0 Å². The number of carbonyl (C=O) groups excluding carboxylic acids is 2. The number of ketones is 1. The second-order valence-electron chi connectivity index (χ2n) is 8.35. The van der Waals surface area contributed by atoms with Gasteiger partial charge in [0.2, 0.25) is 0 Å². The standard InChI is InChI=1S/C25H32N2O3/c1-6-27-12-8-11-25(16-27,23(28)20-14-17(2)13-18(3)15-20)26-24(29)21-9-7-10-22(30-5)19(21)4/h7,9-10,13-15H,6,8,11-12,16H2,1-5H3,(H,26,29). The average molecular weight is 409 g/mol. The normalized spacial score (nSPS) is 19.4. The highest BCUT2D eigenvalue weighted by Crippen LogP contribution is 2.28. The maximum absolute atomic E-state index is 13.8. The second kappa shape index (κ2) is 9.00. The number of hydrogen-bond donors (Lipinski definition) is 1. The fourth-order valence-corrected chi connectivity index (χ4v) is 4.51. The van der Waals surface area contributed by atoms with E-state index < -0.39 is 5.54 Å². The minimum Gasteiger partial charge on any atom is -0.496 e. The molecule has 1 aliphatic rings. The molecule has 0 aliphatic carbocycles. The molecule has 1 aliphatic heterocycles. The Hall–Kier alpha value is -2.66. The van der Waals surface area contributed by atoms with Crippen LogP contribution >= 0.6 is 0 Å². The topological polar surface area (TPSA) is 58.6 Å². The Bertz CT molecular complexity index is 933. The number of nitrogens with zero attached hydrogens (tertiary/aromatic N) is 1. The van der Waals surface area contributed by atoms with Crippen LogP contribution in [0.5, 0.6) is 5.75 Å². The van der Waals surface area contributed by atoms with Crippen LogP contribution in [0, 0.1) is 20.8 Å². The van der Waals surface area contributed by atoms with E-state index in [1.807, 2.05) is 39.0 Å². The number of likely N-dealkylation sites (tertiary alicyclic amines) is 1. The number of nitrogens with one attached hydrogen (secondary N) is 1. The van der Waals surface area contributed by atoms with Crippen LogP contribution in [0.3, 0.4) is 0 Å². The van der Waals surface area contributed by atoms with Gasteiger partial charge < -0.3 is 15.0 Å². The van der Waals surface area contributed by atoms with Crippen LogP contribution in [0.25, 0.3) is 0 Å². The van der Waals surface area contributed by atoms with Gasteiger partial charge in [-0.15, -0.1) is 0 Å². The molecule has 1 saturated heterocycles. The number of amides is 1. The predicted molar refractivity (Wildman–Crippen MR) is 120 cm³/mol. The lowest BCUT2D eigenvalue weighted by Crippen LogP contribution is -2.63. The third kappa shape index (κ3) is 4.41. The summed E-state index contributed by atoms with van der Waals surface area (Å²) in [7, 11) is 1.59. The first kappa shape index (κ1) is 22.0. The van der Waals surface area contributed by atoms with E-state index in [4.69, 9.17) is 4.74 Å². The molecule has 0 saturated carbocycles. The van der Waals surface area contributed by atoms with Gasteiger partial charge in [0.25, 0.3) is 5.91 Å². The number of piperidine rings is 1. The highest BCUT2D eigenvalue weighted by atomic mass is 16.5. The van der Waals surface area contributed by atoms with Crippen LogP contribution in [-0.4, -0.2) is 48.9 Å². The number of rotatable bonds is 6. The number of ether oxygens (including phenoxy) is 1. The summed E-state index contributed by atoms with van der Waals surface area (Å²) in [5, 5.41) is 3.16. The number of methoxy groups -OCH3 is 1. The molecule has 3 rings (SSSR count). The molecular weight excluding hydrogens is 376 g/mol. The molecule has 0 spiro atoms. The summed E-state index contributed by atoms with van der Waals surface area (Å²) in [6.07, 6.45) is 1.49. The van der Waals surface area contributed by atoms with E-state index in [-0.39, 0.29) is 11.7 Å². The molecule has 1 fully saturated rings. The van der Waals surface area contributed by atoms with E-state index in [1.54, 1.807) is 19.2 Å². The molecule has 2 aromatic rings. The molecule has 2 aromatic carbocycles. The number of hydrogen-bond acceptors (Lipinski definition) is 4. The summed E-state index contributed by atoms with van der Waals surface area (Å²) in [6, 6.07) is 11.3. The minimum absolute atomic E-state index is 0.0126. The summed E-state index contributed by atoms with van der Waals surface area (Å²) in [5.74, 6) is 0.416. The van der Waals surface area contributed by atoms with E-state index >= 15 is 0 Å². The Morgan fingerprint density at radius 3 is 2.47 bits per heavy atom. The zero-order chi connectivity index (χ0) is 21.9. The first-order valence-corrected chi connectivity index (χ1v) is 10.6. The summed E-state index contributed by atoms with van der Waals surface area (Å²) in [6.45, 7) is 10.2. The Kier molecular flexibility index (Phi) is 6.61. The Morgan fingerprint density at radius 1 is 1.13 bits per heavy atom. The van der Waals surface area contributed by atoms with Crippen LogP contribution in [0.2, 0.25) is 0 Å². The van der Waals surface area contributed by atoms with Crippen LogP contribution in [-0.2, 0) is 0 Å². The van der Waals surface area contributed by atoms with E-state index in [1.165, 1.54) is 0 Å². The van der Waals surface area contributed by atoms with Crippen molar-refractivity contribution in [3.05, 3.63) is 64.2 Å². The second-order valence-corrected chi connectivity index (χ2v) is 8.35. The van der Waals surface area contributed by atoms with Crippen molar-refractivity contribution in [3.63, 3.8) is 0 Å². The van der Waals surface area contributed by atoms with Gasteiger partial charge in [-0.05, 0) is 71.0 Å². The van der Waals surface area contributed by atoms with Gasteiger partial charge in [0, 0.05) is 23.2 Å². The lowest BCUT2D eigenvalue weighted by Gasteiger charge is -2.42. The van der Waals surface area contributed by atoms with Crippen molar-refractivity contribution < 1.29 is 14.3 Å². The number of aryl methyl sites for hydroxylation is 2. The molecule has 30 heavy (non-hydrogen) atoms. The third-order valence-electron chi connectivity index (χ3n) is 6.04. The van der Waals surface area contributed by atoms with Gasteiger partial charge in [-0.2, -0.15) is 0 Å². The van der Waals surface area contributed by atoms with Crippen molar-refractivity contribution in [2.45, 2.75) is 46.1 Å². The predicted octanol–water partition coefficient (Wildman–Crippen LogP) is 4.09. The highest BCUT2D eigenvalue weighted by molar-refractivity contribution is 6.08. The van der Waals surface area contributed by atoms with Crippen LogP contribution in [0.15, 0.2) is 36.4 Å². The molecule has 0 radical (unpaired) electrons. The molecule has 1 amide bonds. The summed E-state index contributed by atoms with van der Waals surface area (Å²) >= 11 is 0. The maximum Gasteiger partial charge on any atom is 0.252 e. The Balaban J connectivity index is 2.00. The van der Waals surface area contributed by atoms with E-state index in [9.17, 15) is 9.59 Å². The Morgan fingerprint density at radius 2 is 1.83 bits per heavy atom. The van der Waals surface area contributed by atoms with Crippen LogP contribution < -0.4 is 10.1 Å². The van der Waals surface area contributed by atoms with Gasteiger partial charge in [-0.3, -0.25) is 9.59 Å². The zero-order valence-corrected chi connectivity index (χ0v) is 18.7. The van der Waals surface area contributed by atoms with E-state index in [0.29, 0.717) is 29.8 Å². The quantitative estimate of drug-likeness (QED) is 0.732. The molecule has 1 N–H and O–H groups in total. The summed E-state index contributed by atoms with van der Waals surface area (Å²) in [4.78, 5) is 29.4. The number of likely N-dealkylation sites (N-methyl/N-ethyl adjacent to an activating group) is 1. The smallest absolute Gasteiger partial charge is 0.252 e. The largest absolute Gasteiger partial charge is 0.496 e. The monoisotopic (exact) mass is 408 g/mol. The van der Waals surface area contributed by atoms with Gasteiger partial charge in [0.15, 0.2) is 5.78 Å². The molecular formula is C25H32N2O3. The molecule has 5 nitrogen and oxygen atoms in total. The molecule has 0 aromatic heterocycles. The molecule has 1 atom stereocenters. The molecule has 1 heterocycles. The zero-order valence-electron chi connectivity index (χ0n) is 18.7. The van der Waals surface area contributed by atoms with Gasteiger partial charge in [0.05, 0.1) is 7.11 Å².